The average molecular weight is 554 g/mol. The van der Waals surface area contributed by atoms with E-state index in [9.17, 15) is 23.5 Å². The predicted molar refractivity (Wildman–Crippen MR) is 153 cm³/mol. The van der Waals surface area contributed by atoms with Crippen molar-refractivity contribution in [2.45, 2.75) is 59.1 Å². The first-order valence-electron chi connectivity index (χ1n) is 14.0. The summed E-state index contributed by atoms with van der Waals surface area (Å²) in [4.78, 5) is 28.7. The molecule has 4 N–H and O–H groups in total. The van der Waals surface area contributed by atoms with Crippen LogP contribution in [0.25, 0.3) is 0 Å². The summed E-state index contributed by atoms with van der Waals surface area (Å²) in [7, 11) is 0. The van der Waals surface area contributed by atoms with E-state index < -0.39 is 35.0 Å². The summed E-state index contributed by atoms with van der Waals surface area (Å²) in [5.74, 6) is -3.17. The van der Waals surface area contributed by atoms with E-state index >= 15 is 0 Å². The van der Waals surface area contributed by atoms with Crippen LogP contribution in [0.3, 0.4) is 0 Å². The minimum atomic E-state index is -1.36. The zero-order valence-electron chi connectivity index (χ0n) is 23.6. The molecule has 0 bridgehead atoms. The van der Waals surface area contributed by atoms with Gasteiger partial charge in [0.15, 0.2) is 0 Å². The number of halogens is 2. The van der Waals surface area contributed by atoms with Crippen molar-refractivity contribution in [1.29, 1.82) is 0 Å². The lowest BCUT2D eigenvalue weighted by atomic mass is 9.63. The van der Waals surface area contributed by atoms with Crippen molar-refractivity contribution in [3.63, 3.8) is 0 Å². The first-order valence-corrected chi connectivity index (χ1v) is 14.0. The summed E-state index contributed by atoms with van der Waals surface area (Å²) in [5.41, 5.74) is 6.65. The number of rotatable bonds is 14. The monoisotopic (exact) mass is 553 g/mol. The number of carbonyl (C=O) groups is 2. The molecule has 1 unspecified atom stereocenters. The van der Waals surface area contributed by atoms with Gasteiger partial charge in [0.2, 0.25) is 11.8 Å². The zero-order chi connectivity index (χ0) is 29.3. The number of allylic oxidation sites excluding steroid dienone is 2. The number of primary amides is 1. The Labute approximate surface area is 236 Å². The van der Waals surface area contributed by atoms with Gasteiger partial charge in [0, 0.05) is 43.7 Å². The fraction of sp³-hybridized carbons (Fsp3) is 0.438. The van der Waals surface area contributed by atoms with Crippen molar-refractivity contribution in [3.8, 4) is 0 Å². The molecular weight excluding hydrogens is 512 g/mol. The Bertz CT molecular complexity index is 1200. The van der Waals surface area contributed by atoms with E-state index in [1.54, 1.807) is 24.0 Å². The maximum Gasteiger partial charge on any atom is 0.244 e. The van der Waals surface area contributed by atoms with Crippen molar-refractivity contribution in [2.24, 2.45) is 17.1 Å². The van der Waals surface area contributed by atoms with E-state index in [-0.39, 0.29) is 30.9 Å². The van der Waals surface area contributed by atoms with Crippen LogP contribution in [-0.2, 0) is 22.6 Å². The van der Waals surface area contributed by atoms with Crippen molar-refractivity contribution in [1.82, 2.24) is 10.2 Å². The van der Waals surface area contributed by atoms with Crippen molar-refractivity contribution >= 4 is 11.8 Å². The van der Waals surface area contributed by atoms with Crippen molar-refractivity contribution in [2.75, 3.05) is 19.6 Å². The number of nitrogens with one attached hydrogen (secondary N) is 1. The summed E-state index contributed by atoms with van der Waals surface area (Å²) in [5, 5.41) is 15.0. The van der Waals surface area contributed by atoms with Gasteiger partial charge in [-0.3, -0.25) is 9.59 Å². The van der Waals surface area contributed by atoms with Crippen LogP contribution in [-0.4, -0.2) is 47.6 Å². The van der Waals surface area contributed by atoms with Crippen molar-refractivity contribution < 1.29 is 23.5 Å². The molecule has 216 valence electrons. The fourth-order valence-electron chi connectivity index (χ4n) is 5.73. The molecule has 0 radical (unpaired) electrons. The molecule has 2 amide bonds. The number of nitrogens with zero attached hydrogens (tertiary/aromatic N) is 1. The molecule has 8 heteroatoms. The summed E-state index contributed by atoms with van der Waals surface area (Å²) in [6.07, 6.45) is 3.82. The Morgan fingerprint density at radius 1 is 1.05 bits per heavy atom. The molecule has 0 heterocycles. The Hall–Kier alpha value is -3.36. The first-order chi connectivity index (χ1) is 19.1. The predicted octanol–water partition coefficient (Wildman–Crippen LogP) is 4.67. The lowest BCUT2D eigenvalue weighted by molar-refractivity contribution is -0.145. The molecule has 0 aliphatic heterocycles. The Kier molecular flexibility index (Phi) is 11.2. The maximum absolute atomic E-state index is 14.5. The second kappa shape index (κ2) is 14.3. The van der Waals surface area contributed by atoms with Gasteiger partial charge in [-0.25, -0.2) is 8.78 Å². The highest BCUT2D eigenvalue weighted by molar-refractivity contribution is 5.96. The van der Waals surface area contributed by atoms with Crippen LogP contribution >= 0.6 is 0 Å². The van der Waals surface area contributed by atoms with Gasteiger partial charge in [-0.1, -0.05) is 61.9 Å². The van der Waals surface area contributed by atoms with Gasteiger partial charge in [-0.2, -0.15) is 0 Å². The lowest BCUT2D eigenvalue weighted by Crippen LogP contribution is -2.54. The fourth-order valence-corrected chi connectivity index (χ4v) is 5.73. The van der Waals surface area contributed by atoms with Gasteiger partial charge in [0.05, 0.1) is 11.5 Å². The molecular formula is C32H41F2N3O3. The van der Waals surface area contributed by atoms with E-state index in [2.05, 4.69) is 5.32 Å². The number of amides is 2. The molecule has 0 saturated heterocycles. The minimum absolute atomic E-state index is 0.0104. The molecule has 3 rings (SSSR count). The molecule has 2 aromatic rings. The number of hydrogen-bond acceptors (Lipinski definition) is 4. The number of nitrogens with two attached hydrogens (primary N) is 1. The molecule has 0 aromatic heterocycles. The Morgan fingerprint density at radius 3 is 2.25 bits per heavy atom. The second-order valence-corrected chi connectivity index (χ2v) is 10.7. The van der Waals surface area contributed by atoms with Crippen LogP contribution in [0, 0.1) is 23.0 Å². The highest BCUT2D eigenvalue weighted by Gasteiger charge is 2.50. The molecule has 1 aliphatic rings. The number of aliphatic hydroxyl groups is 1. The van der Waals surface area contributed by atoms with E-state index in [0.29, 0.717) is 30.8 Å². The lowest BCUT2D eigenvalue weighted by Gasteiger charge is -2.45. The van der Waals surface area contributed by atoms with E-state index in [1.165, 1.54) is 12.1 Å². The number of aliphatic hydroxyl groups excluding tert-OH is 1. The Morgan fingerprint density at radius 2 is 1.68 bits per heavy atom. The smallest absolute Gasteiger partial charge is 0.244 e. The maximum atomic E-state index is 14.5. The molecule has 1 aliphatic carbocycles. The van der Waals surface area contributed by atoms with Crippen LogP contribution < -0.4 is 11.1 Å². The average Bonchev–Trinajstić information content (AvgIpc) is 2.90. The first kappa shape index (κ1) is 31.2. The van der Waals surface area contributed by atoms with E-state index in [0.717, 1.165) is 24.5 Å². The van der Waals surface area contributed by atoms with Crippen LogP contribution in [0.4, 0.5) is 8.78 Å². The molecule has 0 spiro atoms. The number of carbonyl (C=O) groups excluding carboxylic acids is 2. The van der Waals surface area contributed by atoms with Gasteiger partial charge in [-0.05, 0) is 55.9 Å². The number of hydrogen-bond donors (Lipinski definition) is 3. The van der Waals surface area contributed by atoms with Gasteiger partial charge >= 0.3 is 0 Å². The largest absolute Gasteiger partial charge is 0.391 e. The van der Waals surface area contributed by atoms with Crippen LogP contribution in [0.1, 0.15) is 51.2 Å². The van der Waals surface area contributed by atoms with Crippen LogP contribution in [0.5, 0.6) is 0 Å². The third-order valence-electron chi connectivity index (χ3n) is 7.39. The zero-order valence-corrected chi connectivity index (χ0v) is 23.6. The molecule has 3 atom stereocenters. The highest BCUT2D eigenvalue weighted by atomic mass is 19.1. The second-order valence-electron chi connectivity index (χ2n) is 10.7. The topological polar surface area (TPSA) is 95.7 Å². The molecule has 0 fully saturated rings. The summed E-state index contributed by atoms with van der Waals surface area (Å²) < 4.78 is 28.5. The summed E-state index contributed by atoms with van der Waals surface area (Å²) >= 11 is 0. The minimum Gasteiger partial charge on any atom is -0.391 e. The molecule has 2 aromatic carbocycles. The molecule has 0 saturated carbocycles. The van der Waals surface area contributed by atoms with Gasteiger partial charge < -0.3 is 21.1 Å². The van der Waals surface area contributed by atoms with E-state index in [1.807, 2.05) is 44.2 Å². The Balaban J connectivity index is 2.09. The number of benzene rings is 2. The molecule has 6 nitrogen and oxygen atoms in total. The quantitative estimate of drug-likeness (QED) is 0.317. The van der Waals surface area contributed by atoms with Gasteiger partial charge in [-0.15, -0.1) is 0 Å². The van der Waals surface area contributed by atoms with E-state index in [4.69, 9.17) is 5.73 Å². The summed E-state index contributed by atoms with van der Waals surface area (Å²) in [6, 6.07) is 12.9. The third-order valence-corrected chi connectivity index (χ3v) is 7.39. The third kappa shape index (κ3) is 7.86. The highest BCUT2D eigenvalue weighted by Crippen LogP contribution is 2.45. The van der Waals surface area contributed by atoms with Crippen LogP contribution in [0.15, 0.2) is 71.8 Å². The van der Waals surface area contributed by atoms with Gasteiger partial charge in [0.1, 0.15) is 11.6 Å². The standard InChI is InChI=1S/C32H41F2N3O3/c1-4-11-37(12-5-2)31(40)32(18-22(3)13-25(19-32)30(35)39)28(16-24-14-26(33)17-27(34)15-24)29(38)21-36-20-23-9-7-6-8-10-23/h6-10,13-15,17-18,28-29,36,38H,4-5,11-12,16,19-21H2,1-3H3,(H2,35,39)/t28-,29+,32?/m1/s1. The molecule has 40 heavy (non-hydrogen) atoms. The normalized spacial score (nSPS) is 18.4. The van der Waals surface area contributed by atoms with Crippen molar-refractivity contribution in [3.05, 3.63) is 94.6 Å². The van der Waals surface area contributed by atoms with Gasteiger partial charge in [0.25, 0.3) is 0 Å². The summed E-state index contributed by atoms with van der Waals surface area (Å²) in [6.45, 7) is 7.35. The van der Waals surface area contributed by atoms with Crippen LogP contribution in [0.2, 0.25) is 0 Å². The SMILES string of the molecule is CCCN(CCC)C(=O)C1([C@H](Cc2cc(F)cc(F)c2)[C@@H](O)CNCc2ccccc2)C=C(C)C=C(C(N)=O)C1.